The summed E-state index contributed by atoms with van der Waals surface area (Å²) < 4.78 is 0. The maximum Gasteiger partial charge on any atom is 0.0551 e. The van der Waals surface area contributed by atoms with Gasteiger partial charge in [-0.2, -0.15) is 0 Å². The molecule has 0 aromatic carbocycles. The molecular formula is C20H32O2. The summed E-state index contributed by atoms with van der Waals surface area (Å²) in [5, 5.41) is 20.7. The Balaban J connectivity index is 1.82. The number of rotatable bonds is 1. The lowest BCUT2D eigenvalue weighted by atomic mass is 9.39. The summed E-state index contributed by atoms with van der Waals surface area (Å²) in [5.41, 5.74) is 2.11. The van der Waals surface area contributed by atoms with E-state index in [1.165, 1.54) is 32.1 Å². The predicted octanol–water partition coefficient (Wildman–Crippen LogP) is 3.92. The quantitative estimate of drug-likeness (QED) is 0.721. The van der Waals surface area contributed by atoms with Crippen LogP contribution in [0.5, 0.6) is 0 Å². The van der Waals surface area contributed by atoms with E-state index in [1.807, 2.05) is 0 Å². The normalized spacial score (nSPS) is 57.0. The molecule has 2 nitrogen and oxygen atoms in total. The maximum atomic E-state index is 10.6. The van der Waals surface area contributed by atoms with Crippen LogP contribution in [0.2, 0.25) is 0 Å². The molecule has 2 heteroatoms. The van der Waals surface area contributed by atoms with Crippen LogP contribution in [0.25, 0.3) is 0 Å². The van der Waals surface area contributed by atoms with E-state index < -0.39 is 0 Å². The first kappa shape index (κ1) is 15.2. The Kier molecular flexibility index (Phi) is 3.18. The lowest BCUT2D eigenvalue weighted by Crippen LogP contribution is -2.61. The fraction of sp³-hybridized carbons (Fsp3) is 0.900. The van der Waals surface area contributed by atoms with Crippen LogP contribution in [0.15, 0.2) is 11.6 Å². The van der Waals surface area contributed by atoms with Crippen LogP contribution < -0.4 is 0 Å². The zero-order valence-corrected chi connectivity index (χ0v) is 14.4. The summed E-state index contributed by atoms with van der Waals surface area (Å²) in [4.78, 5) is 0. The van der Waals surface area contributed by atoms with Gasteiger partial charge in [-0.05, 0) is 85.9 Å². The molecule has 0 aliphatic heterocycles. The van der Waals surface area contributed by atoms with E-state index in [2.05, 4.69) is 26.8 Å². The maximum absolute atomic E-state index is 10.6. The van der Waals surface area contributed by atoms with Crippen molar-refractivity contribution in [3.63, 3.8) is 0 Å². The number of hydrogen-bond acceptors (Lipinski definition) is 2. The van der Waals surface area contributed by atoms with E-state index in [1.54, 1.807) is 5.57 Å². The predicted molar refractivity (Wildman–Crippen MR) is 88.3 cm³/mol. The third-order valence-electron chi connectivity index (χ3n) is 8.60. The van der Waals surface area contributed by atoms with E-state index in [-0.39, 0.29) is 23.5 Å². The van der Waals surface area contributed by atoms with Crippen molar-refractivity contribution in [3.05, 3.63) is 11.6 Å². The Labute approximate surface area is 135 Å². The molecule has 4 aliphatic rings. The minimum Gasteiger partial charge on any atom is -0.396 e. The summed E-state index contributed by atoms with van der Waals surface area (Å²) in [6, 6.07) is 0. The van der Waals surface area contributed by atoms with Gasteiger partial charge in [0.05, 0.1) is 6.10 Å². The SMILES string of the molecule is CC1=C[C@@H]2CC[C@H]3[C@@](C)(CO)C[C@H](O)C[C@]3(C)[C@@]23CC[C@@H]1C3. The molecule has 3 fully saturated rings. The number of allylic oxidation sites excluding steroid dienone is 2. The molecule has 7 atom stereocenters. The number of hydrogen-bond donors (Lipinski definition) is 2. The Morgan fingerprint density at radius 3 is 2.64 bits per heavy atom. The monoisotopic (exact) mass is 304 g/mol. The van der Waals surface area contributed by atoms with Crippen molar-refractivity contribution in [1.82, 2.24) is 0 Å². The van der Waals surface area contributed by atoms with E-state index in [0.717, 1.165) is 18.8 Å². The van der Waals surface area contributed by atoms with Gasteiger partial charge in [-0.25, -0.2) is 0 Å². The van der Waals surface area contributed by atoms with Crippen molar-refractivity contribution in [2.24, 2.45) is 34.0 Å². The van der Waals surface area contributed by atoms with Crippen LogP contribution in [0, 0.1) is 34.0 Å². The molecule has 1 spiro atoms. The standard InChI is InChI=1S/C20H32O2/c1-13-8-15-4-5-17-18(2,12-21)10-16(22)11-19(17,3)20(15)7-6-14(13)9-20/h8,14-17,21-22H,4-7,9-12H2,1-3H3/t14-,15+,16+,17+,18-,19+,20-/m1/s1. The Morgan fingerprint density at radius 1 is 1.14 bits per heavy atom. The minimum absolute atomic E-state index is 0.0968. The van der Waals surface area contributed by atoms with Crippen molar-refractivity contribution >= 4 is 0 Å². The van der Waals surface area contributed by atoms with Crippen molar-refractivity contribution in [2.45, 2.75) is 71.8 Å². The molecule has 22 heavy (non-hydrogen) atoms. The van der Waals surface area contributed by atoms with Gasteiger partial charge in [-0.15, -0.1) is 0 Å². The number of aliphatic hydroxyl groups is 2. The molecule has 0 unspecified atom stereocenters. The van der Waals surface area contributed by atoms with Crippen LogP contribution in [-0.2, 0) is 0 Å². The van der Waals surface area contributed by atoms with Gasteiger partial charge in [0.2, 0.25) is 0 Å². The van der Waals surface area contributed by atoms with E-state index in [0.29, 0.717) is 17.3 Å². The highest BCUT2D eigenvalue weighted by molar-refractivity contribution is 5.26. The van der Waals surface area contributed by atoms with Crippen molar-refractivity contribution in [1.29, 1.82) is 0 Å². The van der Waals surface area contributed by atoms with Gasteiger partial charge in [-0.3, -0.25) is 0 Å². The van der Waals surface area contributed by atoms with E-state index in [4.69, 9.17) is 0 Å². The van der Waals surface area contributed by atoms with Crippen molar-refractivity contribution in [2.75, 3.05) is 6.61 Å². The summed E-state index contributed by atoms with van der Waals surface area (Å²) >= 11 is 0. The topological polar surface area (TPSA) is 40.5 Å². The van der Waals surface area contributed by atoms with Crippen molar-refractivity contribution < 1.29 is 10.2 Å². The van der Waals surface area contributed by atoms with Gasteiger partial charge in [0, 0.05) is 6.61 Å². The largest absolute Gasteiger partial charge is 0.396 e. The lowest BCUT2D eigenvalue weighted by Gasteiger charge is -2.66. The minimum atomic E-state index is -0.238. The number of fused-ring (bicyclic) bond motifs is 2. The first-order valence-corrected chi connectivity index (χ1v) is 9.32. The van der Waals surface area contributed by atoms with Gasteiger partial charge >= 0.3 is 0 Å². The van der Waals surface area contributed by atoms with Crippen LogP contribution in [0.3, 0.4) is 0 Å². The Hall–Kier alpha value is -0.340. The second kappa shape index (κ2) is 4.60. The molecule has 0 amide bonds. The average molecular weight is 304 g/mol. The van der Waals surface area contributed by atoms with Gasteiger partial charge < -0.3 is 10.2 Å². The summed E-state index contributed by atoms with van der Waals surface area (Å²) in [5.74, 6) is 2.06. The van der Waals surface area contributed by atoms with Crippen LogP contribution in [0.1, 0.15) is 65.7 Å². The molecule has 0 aromatic rings. The molecule has 2 N–H and O–H groups in total. The Morgan fingerprint density at radius 2 is 1.91 bits per heavy atom. The molecule has 4 aliphatic carbocycles. The summed E-state index contributed by atoms with van der Waals surface area (Å²) in [6.45, 7) is 7.26. The molecule has 4 rings (SSSR count). The third-order valence-corrected chi connectivity index (χ3v) is 8.60. The molecule has 0 saturated heterocycles. The first-order chi connectivity index (χ1) is 10.3. The molecule has 3 saturated carbocycles. The molecular weight excluding hydrogens is 272 g/mol. The molecule has 0 aromatic heterocycles. The number of aliphatic hydroxyl groups excluding tert-OH is 2. The zero-order valence-electron chi connectivity index (χ0n) is 14.4. The summed E-state index contributed by atoms with van der Waals surface area (Å²) in [7, 11) is 0. The molecule has 124 valence electrons. The third kappa shape index (κ3) is 1.69. The molecule has 0 heterocycles. The highest BCUT2D eigenvalue weighted by Gasteiger charge is 2.66. The van der Waals surface area contributed by atoms with Crippen LogP contribution in [-0.4, -0.2) is 22.9 Å². The van der Waals surface area contributed by atoms with E-state index in [9.17, 15) is 10.2 Å². The lowest BCUT2D eigenvalue weighted by molar-refractivity contribution is -0.192. The Bertz CT molecular complexity index is 512. The highest BCUT2D eigenvalue weighted by atomic mass is 16.3. The fourth-order valence-corrected chi connectivity index (χ4v) is 7.61. The van der Waals surface area contributed by atoms with Gasteiger partial charge in [0.15, 0.2) is 0 Å². The van der Waals surface area contributed by atoms with Crippen LogP contribution in [0.4, 0.5) is 0 Å². The second-order valence-electron chi connectivity index (χ2n) is 9.53. The van der Waals surface area contributed by atoms with E-state index >= 15 is 0 Å². The highest BCUT2D eigenvalue weighted by Crippen LogP contribution is 2.73. The fourth-order valence-electron chi connectivity index (χ4n) is 7.61. The van der Waals surface area contributed by atoms with Crippen molar-refractivity contribution in [3.8, 4) is 0 Å². The molecule has 0 radical (unpaired) electrons. The second-order valence-corrected chi connectivity index (χ2v) is 9.53. The van der Waals surface area contributed by atoms with Gasteiger partial charge in [-0.1, -0.05) is 25.5 Å². The van der Waals surface area contributed by atoms with Crippen LogP contribution >= 0.6 is 0 Å². The van der Waals surface area contributed by atoms with Gasteiger partial charge in [0.25, 0.3) is 0 Å². The average Bonchev–Trinajstić information content (AvgIpc) is 2.84. The summed E-state index contributed by atoms with van der Waals surface area (Å²) in [6.07, 6.45) is 10.6. The first-order valence-electron chi connectivity index (χ1n) is 9.32. The smallest absolute Gasteiger partial charge is 0.0551 e. The van der Waals surface area contributed by atoms with Gasteiger partial charge in [0.1, 0.15) is 0 Å². The zero-order chi connectivity index (χ0) is 15.8. The molecule has 2 bridgehead atoms.